The Balaban J connectivity index is 4.05. The van der Waals surface area contributed by atoms with Crippen LogP contribution in [0.1, 0.15) is 20.3 Å². The highest BCUT2D eigenvalue weighted by Gasteiger charge is 2.19. The summed E-state index contributed by atoms with van der Waals surface area (Å²) >= 11 is 0. The maximum atomic E-state index is 11.4. The molecular formula is C10H18N2O3. The largest absolute Gasteiger partial charge is 0.464 e. The van der Waals surface area contributed by atoms with Gasteiger partial charge in [-0.2, -0.15) is 0 Å². The number of carbonyl (C=O) groups is 2. The lowest BCUT2D eigenvalue weighted by molar-refractivity contribution is -0.147. The van der Waals surface area contributed by atoms with Gasteiger partial charge in [-0.05, 0) is 20.3 Å². The van der Waals surface area contributed by atoms with E-state index in [1.54, 1.807) is 19.9 Å². The lowest BCUT2D eigenvalue weighted by Gasteiger charge is -2.15. The summed E-state index contributed by atoms with van der Waals surface area (Å²) in [4.78, 5) is 22.5. The van der Waals surface area contributed by atoms with Gasteiger partial charge in [0.05, 0.1) is 12.6 Å². The SMILES string of the molecule is C=CCC(N)C(=O)NC(C)C(=O)OCC. The average Bonchev–Trinajstić information content (AvgIpc) is 2.18. The van der Waals surface area contributed by atoms with Crippen LogP contribution in [-0.2, 0) is 14.3 Å². The zero-order chi connectivity index (χ0) is 11.8. The molecule has 0 heterocycles. The highest BCUT2D eigenvalue weighted by atomic mass is 16.5. The smallest absolute Gasteiger partial charge is 0.328 e. The van der Waals surface area contributed by atoms with Crippen molar-refractivity contribution in [2.75, 3.05) is 6.61 Å². The number of nitrogens with two attached hydrogens (primary N) is 1. The van der Waals surface area contributed by atoms with Crippen molar-refractivity contribution in [1.29, 1.82) is 0 Å². The van der Waals surface area contributed by atoms with Gasteiger partial charge in [0.15, 0.2) is 0 Å². The van der Waals surface area contributed by atoms with E-state index < -0.39 is 18.1 Å². The summed E-state index contributed by atoms with van der Waals surface area (Å²) in [6, 6.07) is -1.34. The maximum absolute atomic E-state index is 11.4. The molecule has 86 valence electrons. The third-order valence-corrected chi connectivity index (χ3v) is 1.76. The highest BCUT2D eigenvalue weighted by molar-refractivity contribution is 5.87. The van der Waals surface area contributed by atoms with E-state index in [9.17, 15) is 9.59 Å². The first-order chi connectivity index (χ1) is 7.02. The summed E-state index contributed by atoms with van der Waals surface area (Å²) in [6.07, 6.45) is 1.93. The van der Waals surface area contributed by atoms with Crippen LogP contribution in [0.25, 0.3) is 0 Å². The molecule has 0 rings (SSSR count). The molecule has 3 N–H and O–H groups in total. The summed E-state index contributed by atoms with van der Waals surface area (Å²) in [6.45, 7) is 7.02. The fraction of sp³-hybridized carbons (Fsp3) is 0.600. The van der Waals surface area contributed by atoms with E-state index in [4.69, 9.17) is 10.5 Å². The van der Waals surface area contributed by atoms with Crippen molar-refractivity contribution in [3.8, 4) is 0 Å². The Morgan fingerprint density at radius 3 is 2.67 bits per heavy atom. The number of rotatable bonds is 6. The van der Waals surface area contributed by atoms with E-state index in [-0.39, 0.29) is 12.5 Å². The zero-order valence-corrected chi connectivity index (χ0v) is 9.16. The van der Waals surface area contributed by atoms with Crippen LogP contribution < -0.4 is 11.1 Å². The van der Waals surface area contributed by atoms with E-state index in [0.717, 1.165) is 0 Å². The number of esters is 1. The molecule has 0 aliphatic rings. The molecular weight excluding hydrogens is 196 g/mol. The molecule has 0 fully saturated rings. The van der Waals surface area contributed by atoms with Gasteiger partial charge in [0, 0.05) is 0 Å². The van der Waals surface area contributed by atoms with Gasteiger partial charge in [-0.25, -0.2) is 4.79 Å². The molecule has 0 bridgehead atoms. The van der Waals surface area contributed by atoms with Crippen molar-refractivity contribution < 1.29 is 14.3 Å². The topological polar surface area (TPSA) is 81.4 Å². The average molecular weight is 214 g/mol. The normalized spacial score (nSPS) is 13.8. The predicted octanol–water partition coefficient (Wildman–Crippen LogP) is -0.0424. The molecule has 0 aromatic heterocycles. The van der Waals surface area contributed by atoms with E-state index in [2.05, 4.69) is 11.9 Å². The van der Waals surface area contributed by atoms with Gasteiger partial charge in [-0.3, -0.25) is 4.79 Å². The minimum Gasteiger partial charge on any atom is -0.464 e. The van der Waals surface area contributed by atoms with Crippen LogP contribution in [0.3, 0.4) is 0 Å². The predicted molar refractivity (Wildman–Crippen MR) is 57.0 cm³/mol. The molecule has 0 aliphatic carbocycles. The molecule has 15 heavy (non-hydrogen) atoms. The van der Waals surface area contributed by atoms with E-state index in [1.807, 2.05) is 0 Å². The molecule has 5 nitrogen and oxygen atoms in total. The maximum Gasteiger partial charge on any atom is 0.328 e. The van der Waals surface area contributed by atoms with Crippen molar-refractivity contribution in [2.45, 2.75) is 32.4 Å². The summed E-state index contributed by atoms with van der Waals surface area (Å²) in [5.74, 6) is -0.841. The molecule has 5 heteroatoms. The van der Waals surface area contributed by atoms with E-state index >= 15 is 0 Å². The Labute approximate surface area is 89.7 Å². The van der Waals surface area contributed by atoms with Crippen LogP contribution in [0.15, 0.2) is 12.7 Å². The highest BCUT2D eigenvalue weighted by Crippen LogP contribution is 1.93. The fourth-order valence-electron chi connectivity index (χ4n) is 0.933. The summed E-state index contributed by atoms with van der Waals surface area (Å²) in [5, 5.41) is 2.46. The lowest BCUT2D eigenvalue weighted by Crippen LogP contribution is -2.47. The number of ether oxygens (including phenoxy) is 1. The van der Waals surface area contributed by atoms with Crippen LogP contribution >= 0.6 is 0 Å². The Morgan fingerprint density at radius 1 is 1.60 bits per heavy atom. The van der Waals surface area contributed by atoms with Gasteiger partial charge < -0.3 is 15.8 Å². The van der Waals surface area contributed by atoms with Crippen molar-refractivity contribution >= 4 is 11.9 Å². The van der Waals surface area contributed by atoms with Gasteiger partial charge in [0.25, 0.3) is 0 Å². The molecule has 2 atom stereocenters. The third kappa shape index (κ3) is 5.17. The number of nitrogens with one attached hydrogen (secondary N) is 1. The molecule has 0 aromatic carbocycles. The second-order valence-electron chi connectivity index (χ2n) is 3.11. The number of carbonyl (C=O) groups excluding carboxylic acids is 2. The lowest BCUT2D eigenvalue weighted by atomic mass is 10.2. The Kier molecular flexibility index (Phi) is 6.37. The number of hydrogen-bond acceptors (Lipinski definition) is 4. The van der Waals surface area contributed by atoms with Crippen LogP contribution in [0.4, 0.5) is 0 Å². The fourth-order valence-corrected chi connectivity index (χ4v) is 0.933. The minimum atomic E-state index is -0.673. The van der Waals surface area contributed by atoms with Crippen molar-refractivity contribution in [1.82, 2.24) is 5.32 Å². The monoisotopic (exact) mass is 214 g/mol. The standard InChI is InChI=1S/C10H18N2O3/c1-4-6-8(11)9(13)12-7(3)10(14)15-5-2/h4,7-8H,1,5-6,11H2,2-3H3,(H,12,13). The van der Waals surface area contributed by atoms with Crippen molar-refractivity contribution in [3.63, 3.8) is 0 Å². The van der Waals surface area contributed by atoms with Crippen LogP contribution in [0.2, 0.25) is 0 Å². The third-order valence-electron chi connectivity index (χ3n) is 1.76. The minimum absolute atomic E-state index is 0.289. The Morgan fingerprint density at radius 2 is 2.20 bits per heavy atom. The van der Waals surface area contributed by atoms with Crippen LogP contribution in [0, 0.1) is 0 Å². The molecule has 1 amide bonds. The van der Waals surface area contributed by atoms with Crippen LogP contribution in [-0.4, -0.2) is 30.6 Å². The molecule has 0 saturated heterocycles. The summed E-state index contributed by atoms with van der Waals surface area (Å²) < 4.78 is 4.73. The van der Waals surface area contributed by atoms with Gasteiger partial charge in [-0.1, -0.05) is 6.08 Å². The summed E-state index contributed by atoms with van der Waals surface area (Å²) in [7, 11) is 0. The molecule has 0 radical (unpaired) electrons. The van der Waals surface area contributed by atoms with Gasteiger partial charge in [0.2, 0.25) is 5.91 Å². The Hall–Kier alpha value is -1.36. The van der Waals surface area contributed by atoms with Gasteiger partial charge in [-0.15, -0.1) is 6.58 Å². The number of hydrogen-bond donors (Lipinski definition) is 2. The van der Waals surface area contributed by atoms with Crippen LogP contribution in [0.5, 0.6) is 0 Å². The second kappa shape index (κ2) is 7.00. The first-order valence-electron chi connectivity index (χ1n) is 4.86. The van der Waals surface area contributed by atoms with Crippen molar-refractivity contribution in [2.24, 2.45) is 5.73 Å². The Bertz CT molecular complexity index is 241. The first kappa shape index (κ1) is 13.6. The first-order valence-corrected chi connectivity index (χ1v) is 4.86. The molecule has 0 spiro atoms. The second-order valence-corrected chi connectivity index (χ2v) is 3.11. The molecule has 0 aromatic rings. The van der Waals surface area contributed by atoms with E-state index in [1.165, 1.54) is 0 Å². The summed E-state index contributed by atoms with van der Waals surface area (Å²) in [5.41, 5.74) is 5.51. The molecule has 0 aliphatic heterocycles. The van der Waals surface area contributed by atoms with Gasteiger partial charge in [0.1, 0.15) is 6.04 Å². The molecule has 2 unspecified atom stereocenters. The zero-order valence-electron chi connectivity index (χ0n) is 9.16. The quantitative estimate of drug-likeness (QED) is 0.480. The molecule has 0 saturated carbocycles. The van der Waals surface area contributed by atoms with E-state index in [0.29, 0.717) is 6.42 Å². The van der Waals surface area contributed by atoms with Crippen molar-refractivity contribution in [3.05, 3.63) is 12.7 Å². The van der Waals surface area contributed by atoms with Gasteiger partial charge >= 0.3 is 5.97 Å². The number of amides is 1.